The molecule has 1 aromatic rings. The summed E-state index contributed by atoms with van der Waals surface area (Å²) in [7, 11) is 2.17. The number of nitrogens with zero attached hydrogens (tertiary/aromatic N) is 2. The van der Waals surface area contributed by atoms with Gasteiger partial charge in [-0.25, -0.2) is 0 Å². The van der Waals surface area contributed by atoms with Gasteiger partial charge >= 0.3 is 0 Å². The van der Waals surface area contributed by atoms with Crippen molar-refractivity contribution in [1.82, 2.24) is 9.80 Å². The molecule has 1 aliphatic heterocycles. The fourth-order valence-corrected chi connectivity index (χ4v) is 2.88. The van der Waals surface area contributed by atoms with Crippen LogP contribution in [0, 0.1) is 11.8 Å². The molecule has 1 saturated heterocycles. The zero-order valence-electron chi connectivity index (χ0n) is 15.4. The van der Waals surface area contributed by atoms with Crippen LogP contribution in [0.15, 0.2) is 24.3 Å². The van der Waals surface area contributed by atoms with Crippen molar-refractivity contribution < 1.29 is 9.84 Å². The average molecular weight is 330 g/mol. The fourth-order valence-electron chi connectivity index (χ4n) is 2.88. The number of morpholine rings is 1. The Morgan fingerprint density at radius 3 is 2.46 bits per heavy atom. The molecule has 1 aromatic carbocycles. The van der Waals surface area contributed by atoms with Crippen molar-refractivity contribution >= 4 is 0 Å². The van der Waals surface area contributed by atoms with Gasteiger partial charge in [-0.2, -0.15) is 0 Å². The van der Waals surface area contributed by atoms with Gasteiger partial charge < -0.3 is 14.7 Å². The molecular formula is C20H30N2O2. The zero-order valence-corrected chi connectivity index (χ0v) is 15.4. The van der Waals surface area contributed by atoms with Gasteiger partial charge in [0, 0.05) is 37.8 Å². The van der Waals surface area contributed by atoms with Crippen molar-refractivity contribution in [2.24, 2.45) is 0 Å². The van der Waals surface area contributed by atoms with Crippen LogP contribution < -0.4 is 0 Å². The number of hydrogen-bond donors (Lipinski definition) is 1. The first-order chi connectivity index (χ1) is 11.3. The molecule has 24 heavy (non-hydrogen) atoms. The van der Waals surface area contributed by atoms with Gasteiger partial charge in [0.25, 0.3) is 0 Å². The Hall–Kier alpha value is -1.38. The molecular weight excluding hydrogens is 300 g/mol. The highest BCUT2D eigenvalue weighted by molar-refractivity contribution is 5.37. The summed E-state index contributed by atoms with van der Waals surface area (Å²) in [5.41, 5.74) is 1.26. The standard InChI is InChI=1S/C20H30N2O2/c1-17(22-11-13-24-14-12-22)15-21(4)16-19-7-5-18(6-8-19)9-10-20(2,3)23/h5-8,17,23H,11-16H2,1-4H3. The van der Waals surface area contributed by atoms with Crippen LogP contribution in [0.3, 0.4) is 0 Å². The van der Waals surface area contributed by atoms with Gasteiger partial charge in [0.1, 0.15) is 5.60 Å². The molecule has 2 rings (SSSR count). The Kier molecular flexibility index (Phi) is 6.82. The maximum absolute atomic E-state index is 9.65. The Labute approximate surface area is 146 Å². The lowest BCUT2D eigenvalue weighted by Crippen LogP contribution is -2.46. The molecule has 1 atom stereocenters. The average Bonchev–Trinajstić information content (AvgIpc) is 2.54. The second-order valence-electron chi connectivity index (χ2n) is 7.20. The topological polar surface area (TPSA) is 35.9 Å². The first-order valence-electron chi connectivity index (χ1n) is 8.68. The molecule has 4 heteroatoms. The molecule has 4 nitrogen and oxygen atoms in total. The van der Waals surface area contributed by atoms with Gasteiger partial charge in [0.15, 0.2) is 0 Å². The van der Waals surface area contributed by atoms with Gasteiger partial charge in [-0.15, -0.1) is 0 Å². The zero-order chi connectivity index (χ0) is 17.6. The molecule has 1 fully saturated rings. The van der Waals surface area contributed by atoms with E-state index < -0.39 is 5.60 Å². The molecule has 0 saturated carbocycles. The number of hydrogen-bond acceptors (Lipinski definition) is 4. The highest BCUT2D eigenvalue weighted by Crippen LogP contribution is 2.10. The van der Waals surface area contributed by atoms with E-state index in [-0.39, 0.29) is 0 Å². The molecule has 0 bridgehead atoms. The van der Waals surface area contributed by atoms with Crippen molar-refractivity contribution in [2.75, 3.05) is 39.9 Å². The SMILES string of the molecule is CC(CN(C)Cc1ccc(C#CC(C)(C)O)cc1)N1CCOCC1. The quantitative estimate of drug-likeness (QED) is 0.838. The first-order valence-corrected chi connectivity index (χ1v) is 8.68. The molecule has 0 amide bonds. The van der Waals surface area contributed by atoms with Gasteiger partial charge in [-0.3, -0.25) is 4.90 Å². The smallest absolute Gasteiger partial charge is 0.120 e. The van der Waals surface area contributed by atoms with Crippen LogP contribution in [0.25, 0.3) is 0 Å². The molecule has 0 aliphatic carbocycles. The molecule has 0 spiro atoms. The summed E-state index contributed by atoms with van der Waals surface area (Å²) in [5, 5.41) is 9.65. The molecule has 0 aromatic heterocycles. The molecule has 132 valence electrons. The summed E-state index contributed by atoms with van der Waals surface area (Å²) in [5.74, 6) is 5.85. The van der Waals surface area contributed by atoms with Gasteiger partial charge in [0.2, 0.25) is 0 Å². The van der Waals surface area contributed by atoms with Gasteiger partial charge in [0.05, 0.1) is 13.2 Å². The summed E-state index contributed by atoms with van der Waals surface area (Å²) >= 11 is 0. The lowest BCUT2D eigenvalue weighted by molar-refractivity contribution is 0.0137. The van der Waals surface area contributed by atoms with Crippen molar-refractivity contribution in [3.8, 4) is 11.8 Å². The molecule has 0 radical (unpaired) electrons. The Balaban J connectivity index is 1.84. The summed E-state index contributed by atoms with van der Waals surface area (Å²) in [6.07, 6.45) is 0. The maximum atomic E-state index is 9.65. The molecule has 1 heterocycles. The van der Waals surface area contributed by atoms with Crippen molar-refractivity contribution in [1.29, 1.82) is 0 Å². The summed E-state index contributed by atoms with van der Waals surface area (Å²) < 4.78 is 5.42. The van der Waals surface area contributed by atoms with Crippen molar-refractivity contribution in [3.05, 3.63) is 35.4 Å². The molecule has 1 aliphatic rings. The number of rotatable bonds is 5. The first kappa shape index (κ1) is 19.0. The maximum Gasteiger partial charge on any atom is 0.120 e. The van der Waals surface area contributed by atoms with Crippen molar-refractivity contribution in [2.45, 2.75) is 39.0 Å². The Bertz CT molecular complexity index is 560. The van der Waals surface area contributed by atoms with Crippen LogP contribution in [0.5, 0.6) is 0 Å². The van der Waals surface area contributed by atoms with Crippen LogP contribution in [0.1, 0.15) is 31.9 Å². The summed E-state index contributed by atoms with van der Waals surface area (Å²) in [6, 6.07) is 8.81. The normalized spacial score (nSPS) is 17.4. The van der Waals surface area contributed by atoms with E-state index in [1.165, 1.54) is 5.56 Å². The minimum absolute atomic E-state index is 0.538. The van der Waals surface area contributed by atoms with Crippen LogP contribution >= 0.6 is 0 Å². The Morgan fingerprint density at radius 2 is 1.88 bits per heavy atom. The van der Waals surface area contributed by atoms with Crippen LogP contribution in [-0.4, -0.2) is 66.4 Å². The number of aliphatic hydroxyl groups is 1. The van der Waals surface area contributed by atoms with Crippen molar-refractivity contribution in [3.63, 3.8) is 0 Å². The monoisotopic (exact) mass is 330 g/mol. The predicted octanol–water partition coefficient (Wildman–Crippen LogP) is 1.96. The lowest BCUT2D eigenvalue weighted by Gasteiger charge is -2.34. The van der Waals surface area contributed by atoms with E-state index in [4.69, 9.17) is 4.74 Å². The third kappa shape index (κ3) is 6.62. The number of likely N-dealkylation sites (N-methyl/N-ethyl adjacent to an activating group) is 1. The third-order valence-electron chi connectivity index (χ3n) is 4.16. The molecule has 1 unspecified atom stereocenters. The highest BCUT2D eigenvalue weighted by atomic mass is 16.5. The minimum atomic E-state index is -0.950. The van der Waals surface area contributed by atoms with E-state index in [0.29, 0.717) is 6.04 Å². The third-order valence-corrected chi connectivity index (χ3v) is 4.16. The van der Waals surface area contributed by atoms with E-state index in [1.807, 2.05) is 12.1 Å². The van der Waals surface area contributed by atoms with E-state index in [0.717, 1.165) is 45.0 Å². The van der Waals surface area contributed by atoms with E-state index >= 15 is 0 Å². The Morgan fingerprint density at radius 1 is 1.25 bits per heavy atom. The second-order valence-corrected chi connectivity index (χ2v) is 7.20. The second kappa shape index (κ2) is 8.64. The largest absolute Gasteiger partial charge is 0.379 e. The number of ether oxygens (including phenoxy) is 1. The van der Waals surface area contributed by atoms with Crippen LogP contribution in [0.4, 0.5) is 0 Å². The highest BCUT2D eigenvalue weighted by Gasteiger charge is 2.18. The minimum Gasteiger partial charge on any atom is -0.379 e. The van der Waals surface area contributed by atoms with E-state index in [1.54, 1.807) is 13.8 Å². The van der Waals surface area contributed by atoms with Crippen LogP contribution in [0.2, 0.25) is 0 Å². The van der Waals surface area contributed by atoms with Gasteiger partial charge in [-0.05, 0) is 45.5 Å². The van der Waals surface area contributed by atoms with E-state index in [2.05, 4.69) is 47.7 Å². The molecule has 1 N–H and O–H groups in total. The lowest BCUT2D eigenvalue weighted by atomic mass is 10.1. The van der Waals surface area contributed by atoms with E-state index in [9.17, 15) is 5.11 Å². The fraction of sp³-hybridized carbons (Fsp3) is 0.600. The summed E-state index contributed by atoms with van der Waals surface area (Å²) in [6.45, 7) is 11.4. The van der Waals surface area contributed by atoms with Crippen LogP contribution in [-0.2, 0) is 11.3 Å². The number of benzene rings is 1. The van der Waals surface area contributed by atoms with Gasteiger partial charge in [-0.1, -0.05) is 24.0 Å². The summed E-state index contributed by atoms with van der Waals surface area (Å²) in [4.78, 5) is 4.85. The predicted molar refractivity (Wildman–Crippen MR) is 97.8 cm³/mol.